The van der Waals surface area contributed by atoms with Crippen LogP contribution in [0.4, 0.5) is 5.69 Å². The van der Waals surface area contributed by atoms with Gasteiger partial charge in [0, 0.05) is 12.1 Å². The van der Waals surface area contributed by atoms with E-state index in [1.165, 1.54) is 4.57 Å². The second-order valence-corrected chi connectivity index (χ2v) is 7.62. The van der Waals surface area contributed by atoms with Crippen LogP contribution < -0.4 is 16.6 Å². The Morgan fingerprint density at radius 2 is 2.00 bits per heavy atom. The number of anilines is 1. The first-order valence-corrected chi connectivity index (χ1v) is 9.83. The number of aliphatic hydroxyl groups is 1. The highest BCUT2D eigenvalue weighted by molar-refractivity contribution is 7.85. The van der Waals surface area contributed by atoms with Gasteiger partial charge in [0.2, 0.25) is 11.8 Å². The van der Waals surface area contributed by atoms with Crippen molar-refractivity contribution < 1.29 is 27.7 Å². The molecule has 2 aromatic rings. The maximum absolute atomic E-state index is 12.7. The molecule has 0 spiro atoms. The van der Waals surface area contributed by atoms with Crippen molar-refractivity contribution in [1.29, 1.82) is 0 Å². The van der Waals surface area contributed by atoms with Crippen molar-refractivity contribution >= 4 is 38.5 Å². The van der Waals surface area contributed by atoms with Crippen LogP contribution in [0.25, 0.3) is 10.9 Å². The van der Waals surface area contributed by atoms with Crippen molar-refractivity contribution in [3.8, 4) is 0 Å². The van der Waals surface area contributed by atoms with Crippen LogP contribution in [0, 0.1) is 6.92 Å². The summed E-state index contributed by atoms with van der Waals surface area (Å²) in [5.41, 5.74) is 6.32. The van der Waals surface area contributed by atoms with Crippen molar-refractivity contribution in [2.45, 2.75) is 25.8 Å². The lowest BCUT2D eigenvalue weighted by molar-refractivity contribution is -0.135. The standard InChI is InChI=1S/C14H14N4O3.C2H6O4S/c1-7-16-9-4-2-3-8(15)12(9)14(21)18(7)10-5-6-11(19)17-13(10)20;3-1-2-7(4,5)6/h2-4,10H,5-6,15H2,1H3,(H,17,19,20);3H,1-2H2,(H,4,5,6). The summed E-state index contributed by atoms with van der Waals surface area (Å²) in [5.74, 6) is -0.956. The van der Waals surface area contributed by atoms with E-state index in [0.29, 0.717) is 22.4 Å². The van der Waals surface area contributed by atoms with Gasteiger partial charge in [0.1, 0.15) is 11.9 Å². The molecular formula is C16H20N4O7S. The molecule has 2 amide bonds. The number of hydrogen-bond donors (Lipinski definition) is 4. The third kappa shape index (κ3) is 4.91. The molecule has 1 fully saturated rings. The predicted molar refractivity (Wildman–Crippen MR) is 100 cm³/mol. The van der Waals surface area contributed by atoms with Gasteiger partial charge < -0.3 is 10.8 Å². The number of aryl methyl sites for hydroxylation is 1. The summed E-state index contributed by atoms with van der Waals surface area (Å²) in [4.78, 5) is 40.2. The molecule has 12 heteroatoms. The largest absolute Gasteiger partial charge is 0.398 e. The normalized spacial score (nSPS) is 17.0. The number of piperidine rings is 1. The van der Waals surface area contributed by atoms with Gasteiger partial charge in [-0.2, -0.15) is 8.42 Å². The molecule has 3 rings (SSSR count). The summed E-state index contributed by atoms with van der Waals surface area (Å²) in [7, 11) is -3.92. The topological polar surface area (TPSA) is 182 Å². The number of carbonyl (C=O) groups excluding carboxylic acids is 2. The second kappa shape index (κ2) is 8.46. The molecular weight excluding hydrogens is 392 g/mol. The minimum atomic E-state index is -3.92. The van der Waals surface area contributed by atoms with E-state index in [1.54, 1.807) is 25.1 Å². The lowest BCUT2D eigenvalue weighted by Gasteiger charge is -2.24. The SMILES string of the molecule is Cc1nc2cccc(N)c2c(=O)n1C1CCC(=O)NC1=O.O=S(=O)(O)CCO. The number of aliphatic hydroxyl groups excluding tert-OH is 1. The Morgan fingerprint density at radius 3 is 2.54 bits per heavy atom. The van der Waals surface area contributed by atoms with Gasteiger partial charge in [0.25, 0.3) is 15.7 Å². The Morgan fingerprint density at radius 1 is 1.32 bits per heavy atom. The summed E-state index contributed by atoms with van der Waals surface area (Å²) in [5, 5.41) is 10.4. The van der Waals surface area contributed by atoms with Gasteiger partial charge >= 0.3 is 0 Å². The quantitative estimate of drug-likeness (QED) is 0.283. The molecule has 1 aromatic heterocycles. The Balaban J connectivity index is 0.000000345. The first-order valence-electron chi connectivity index (χ1n) is 8.22. The Bertz CT molecular complexity index is 1080. The molecule has 5 N–H and O–H groups in total. The molecule has 152 valence electrons. The van der Waals surface area contributed by atoms with Crippen molar-refractivity contribution in [2.24, 2.45) is 0 Å². The van der Waals surface area contributed by atoms with Crippen LogP contribution in [0.3, 0.4) is 0 Å². The summed E-state index contributed by atoms with van der Waals surface area (Å²) in [6.45, 7) is 1.13. The van der Waals surface area contributed by atoms with Crippen LogP contribution in [0.5, 0.6) is 0 Å². The van der Waals surface area contributed by atoms with Crippen molar-refractivity contribution in [2.75, 3.05) is 18.1 Å². The lowest BCUT2D eigenvalue weighted by Crippen LogP contribution is -2.45. The highest BCUT2D eigenvalue weighted by Crippen LogP contribution is 2.21. The summed E-state index contributed by atoms with van der Waals surface area (Å²) in [6, 6.07) is 4.32. The van der Waals surface area contributed by atoms with E-state index in [0.717, 1.165) is 0 Å². The van der Waals surface area contributed by atoms with Gasteiger partial charge in [-0.15, -0.1) is 0 Å². The average molecular weight is 412 g/mol. The van der Waals surface area contributed by atoms with Gasteiger partial charge in [-0.3, -0.25) is 28.8 Å². The summed E-state index contributed by atoms with van der Waals surface area (Å²) < 4.78 is 28.4. The van der Waals surface area contributed by atoms with Gasteiger partial charge in [-0.05, 0) is 25.5 Å². The van der Waals surface area contributed by atoms with Crippen LogP contribution in [0.2, 0.25) is 0 Å². The highest BCUT2D eigenvalue weighted by Gasteiger charge is 2.30. The molecule has 2 heterocycles. The molecule has 1 aliphatic rings. The first-order chi connectivity index (χ1) is 13.0. The maximum atomic E-state index is 12.7. The third-order valence-corrected chi connectivity index (χ3v) is 4.71. The highest BCUT2D eigenvalue weighted by atomic mass is 32.2. The van der Waals surface area contributed by atoms with Gasteiger partial charge in [-0.1, -0.05) is 6.07 Å². The monoisotopic (exact) mass is 412 g/mol. The number of carbonyl (C=O) groups is 2. The predicted octanol–water partition coefficient (Wildman–Crippen LogP) is -0.869. The number of fused-ring (bicyclic) bond motifs is 1. The molecule has 1 saturated heterocycles. The fourth-order valence-corrected chi connectivity index (χ4v) is 3.02. The fourth-order valence-electron chi connectivity index (χ4n) is 2.79. The number of benzene rings is 1. The number of amides is 2. The third-order valence-electron chi connectivity index (χ3n) is 4.01. The van der Waals surface area contributed by atoms with Crippen LogP contribution >= 0.6 is 0 Å². The molecule has 0 bridgehead atoms. The number of imide groups is 1. The van der Waals surface area contributed by atoms with Crippen LogP contribution in [-0.2, 0) is 19.7 Å². The number of nitrogens with one attached hydrogen (secondary N) is 1. The number of nitrogens with zero attached hydrogens (tertiary/aromatic N) is 2. The van der Waals surface area contributed by atoms with Crippen LogP contribution in [0.1, 0.15) is 24.7 Å². The number of rotatable bonds is 3. The van der Waals surface area contributed by atoms with E-state index in [-0.39, 0.29) is 24.3 Å². The van der Waals surface area contributed by atoms with E-state index in [4.69, 9.17) is 15.4 Å². The van der Waals surface area contributed by atoms with E-state index >= 15 is 0 Å². The molecule has 11 nitrogen and oxygen atoms in total. The van der Waals surface area contributed by atoms with E-state index in [1.807, 2.05) is 0 Å². The first kappa shape index (κ1) is 21.5. The number of hydrogen-bond acceptors (Lipinski definition) is 8. The molecule has 28 heavy (non-hydrogen) atoms. The number of nitrogen functional groups attached to an aromatic ring is 1. The lowest BCUT2D eigenvalue weighted by atomic mass is 10.1. The molecule has 0 aliphatic carbocycles. The van der Waals surface area contributed by atoms with Crippen molar-refractivity contribution in [3.63, 3.8) is 0 Å². The minimum Gasteiger partial charge on any atom is -0.398 e. The van der Waals surface area contributed by atoms with Gasteiger partial charge in [-0.25, -0.2) is 4.98 Å². The fraction of sp³-hybridized carbons (Fsp3) is 0.375. The van der Waals surface area contributed by atoms with Crippen molar-refractivity contribution in [1.82, 2.24) is 14.9 Å². The van der Waals surface area contributed by atoms with Crippen molar-refractivity contribution in [3.05, 3.63) is 34.4 Å². The maximum Gasteiger partial charge on any atom is 0.267 e. The summed E-state index contributed by atoms with van der Waals surface area (Å²) in [6.07, 6.45) is 0.482. The molecule has 0 radical (unpaired) electrons. The van der Waals surface area contributed by atoms with Crippen LogP contribution in [0.15, 0.2) is 23.0 Å². The Kier molecular flexibility index (Phi) is 6.48. The molecule has 1 aliphatic heterocycles. The van der Waals surface area contributed by atoms with E-state index in [9.17, 15) is 22.8 Å². The zero-order valence-electron chi connectivity index (χ0n) is 15.0. The van der Waals surface area contributed by atoms with E-state index < -0.39 is 34.4 Å². The molecule has 1 unspecified atom stereocenters. The minimum absolute atomic E-state index is 0.199. The summed E-state index contributed by atoms with van der Waals surface area (Å²) >= 11 is 0. The molecule has 1 aromatic carbocycles. The molecule has 0 saturated carbocycles. The zero-order valence-corrected chi connectivity index (χ0v) is 15.8. The van der Waals surface area contributed by atoms with Gasteiger partial charge in [0.05, 0.1) is 23.3 Å². The number of nitrogens with two attached hydrogens (primary N) is 1. The zero-order chi connectivity index (χ0) is 21.1. The second-order valence-electron chi connectivity index (χ2n) is 6.05. The Hall–Kier alpha value is -2.83. The smallest absolute Gasteiger partial charge is 0.267 e. The van der Waals surface area contributed by atoms with Crippen LogP contribution in [-0.4, -0.2) is 51.8 Å². The Labute approximate surface area is 159 Å². The molecule has 1 atom stereocenters. The average Bonchev–Trinajstić information content (AvgIpc) is 2.56. The number of aromatic nitrogens is 2. The van der Waals surface area contributed by atoms with Gasteiger partial charge in [0.15, 0.2) is 0 Å². The van der Waals surface area contributed by atoms with E-state index in [2.05, 4.69) is 10.3 Å².